The van der Waals surface area contributed by atoms with E-state index in [9.17, 15) is 9.59 Å². The molecule has 7 heteroatoms. The summed E-state index contributed by atoms with van der Waals surface area (Å²) >= 11 is 0. The maximum atomic E-state index is 12.9. The topological polar surface area (TPSA) is 84.0 Å². The molecule has 4 rings (SSSR count). The van der Waals surface area contributed by atoms with Crippen molar-refractivity contribution in [2.24, 2.45) is 0 Å². The molecule has 1 aliphatic rings. The second-order valence-corrected chi connectivity index (χ2v) is 6.71. The highest BCUT2D eigenvalue weighted by Gasteiger charge is 2.31. The van der Waals surface area contributed by atoms with Gasteiger partial charge in [-0.25, -0.2) is 4.79 Å². The van der Waals surface area contributed by atoms with E-state index in [1.54, 1.807) is 67.9 Å². The van der Waals surface area contributed by atoms with Gasteiger partial charge in [0.15, 0.2) is 5.76 Å². The normalized spacial score (nSPS) is 13.5. The Morgan fingerprint density at radius 1 is 0.968 bits per heavy atom. The van der Waals surface area contributed by atoms with E-state index in [0.29, 0.717) is 28.4 Å². The zero-order valence-corrected chi connectivity index (χ0v) is 17.2. The van der Waals surface area contributed by atoms with E-state index in [2.05, 4.69) is 4.98 Å². The summed E-state index contributed by atoms with van der Waals surface area (Å²) in [5.74, 6) is 0.610. The Labute approximate surface area is 178 Å². The van der Waals surface area contributed by atoms with Gasteiger partial charge in [0.05, 0.1) is 19.8 Å². The molecule has 2 aromatic carbocycles. The summed E-state index contributed by atoms with van der Waals surface area (Å²) < 4.78 is 22.0. The van der Waals surface area contributed by atoms with E-state index in [-0.39, 0.29) is 22.9 Å². The number of nitrogens with zero attached hydrogens (tertiary/aromatic N) is 1. The third-order valence-corrected chi connectivity index (χ3v) is 4.88. The van der Waals surface area contributed by atoms with E-state index in [4.69, 9.17) is 18.9 Å². The Bertz CT molecular complexity index is 1180. The molecule has 31 heavy (non-hydrogen) atoms. The Morgan fingerprint density at radius 2 is 1.65 bits per heavy atom. The summed E-state index contributed by atoms with van der Waals surface area (Å²) in [6, 6.07) is 11.7. The molecule has 3 aromatic rings. The van der Waals surface area contributed by atoms with Gasteiger partial charge >= 0.3 is 5.97 Å². The predicted octanol–water partition coefficient (Wildman–Crippen LogP) is 4.24. The lowest BCUT2D eigenvalue weighted by atomic mass is 10.1. The van der Waals surface area contributed by atoms with Crippen molar-refractivity contribution < 1.29 is 28.5 Å². The van der Waals surface area contributed by atoms with Crippen molar-refractivity contribution in [2.75, 3.05) is 14.2 Å². The molecule has 156 valence electrons. The van der Waals surface area contributed by atoms with Crippen LogP contribution in [0.5, 0.6) is 23.0 Å². The molecule has 0 saturated carbocycles. The van der Waals surface area contributed by atoms with Crippen LogP contribution in [0.15, 0.2) is 60.6 Å². The van der Waals surface area contributed by atoms with Gasteiger partial charge in [0.2, 0.25) is 5.78 Å². The molecule has 0 N–H and O–H groups in total. The van der Waals surface area contributed by atoms with Gasteiger partial charge in [0.1, 0.15) is 28.6 Å². The number of carbonyl (C=O) groups excluding carboxylic acids is 2. The van der Waals surface area contributed by atoms with Crippen LogP contribution in [-0.2, 0) is 0 Å². The first kappa shape index (κ1) is 20.2. The van der Waals surface area contributed by atoms with Crippen molar-refractivity contribution in [3.8, 4) is 23.0 Å². The standard InChI is InChI=1S/C24H19NO6/c1-14-17(31-24(27)21-18(28-2)5-4-6-19(21)29-3)8-7-16-22(26)20(30-23(14)16)13-15-9-11-25-12-10-15/h4-13H,1-3H3/b20-13-. The second-order valence-electron chi connectivity index (χ2n) is 6.71. The number of rotatable bonds is 5. The maximum Gasteiger partial charge on any atom is 0.351 e. The quantitative estimate of drug-likeness (QED) is 0.349. The first-order chi connectivity index (χ1) is 15.0. The molecule has 0 fully saturated rings. The predicted molar refractivity (Wildman–Crippen MR) is 113 cm³/mol. The number of esters is 1. The van der Waals surface area contributed by atoms with Crippen molar-refractivity contribution in [1.29, 1.82) is 0 Å². The summed E-state index contributed by atoms with van der Waals surface area (Å²) in [6.45, 7) is 1.73. The minimum atomic E-state index is -0.644. The van der Waals surface area contributed by atoms with Crippen LogP contribution in [0.3, 0.4) is 0 Å². The van der Waals surface area contributed by atoms with Crippen molar-refractivity contribution in [3.63, 3.8) is 0 Å². The van der Waals surface area contributed by atoms with Gasteiger partial charge in [-0.15, -0.1) is 0 Å². The van der Waals surface area contributed by atoms with E-state index in [1.807, 2.05) is 0 Å². The van der Waals surface area contributed by atoms with Gasteiger partial charge < -0.3 is 18.9 Å². The number of aromatic nitrogens is 1. The molecule has 0 bridgehead atoms. The van der Waals surface area contributed by atoms with Crippen LogP contribution in [-0.4, -0.2) is 31.0 Å². The minimum absolute atomic E-state index is 0.169. The fourth-order valence-electron chi connectivity index (χ4n) is 3.29. The van der Waals surface area contributed by atoms with E-state index >= 15 is 0 Å². The van der Waals surface area contributed by atoms with Crippen molar-refractivity contribution >= 4 is 17.8 Å². The average molecular weight is 417 g/mol. The van der Waals surface area contributed by atoms with Crippen molar-refractivity contribution in [1.82, 2.24) is 4.98 Å². The highest BCUT2D eigenvalue weighted by molar-refractivity contribution is 6.15. The molecule has 0 unspecified atom stereocenters. The molecule has 7 nitrogen and oxygen atoms in total. The number of carbonyl (C=O) groups is 2. The van der Waals surface area contributed by atoms with E-state index in [0.717, 1.165) is 5.56 Å². The highest BCUT2D eigenvalue weighted by atomic mass is 16.5. The molecular formula is C24H19NO6. The number of allylic oxidation sites excluding steroid dienone is 1. The number of ketones is 1. The Balaban J connectivity index is 1.65. The molecule has 0 atom stereocenters. The molecular weight excluding hydrogens is 398 g/mol. The summed E-state index contributed by atoms with van der Waals surface area (Å²) in [6.07, 6.45) is 4.91. The number of pyridine rings is 1. The average Bonchev–Trinajstić information content (AvgIpc) is 3.11. The number of benzene rings is 2. The van der Waals surface area contributed by atoms with Gasteiger partial charge in [0.25, 0.3) is 0 Å². The van der Waals surface area contributed by atoms with Crippen LogP contribution in [0.1, 0.15) is 31.8 Å². The maximum absolute atomic E-state index is 12.9. The number of fused-ring (bicyclic) bond motifs is 1. The van der Waals surface area contributed by atoms with Crippen LogP contribution in [0.25, 0.3) is 6.08 Å². The molecule has 2 heterocycles. The van der Waals surface area contributed by atoms with Crippen LogP contribution in [0.2, 0.25) is 0 Å². The molecule has 0 saturated heterocycles. The molecule has 1 aromatic heterocycles. The Kier molecular flexibility index (Phi) is 5.41. The fraction of sp³-hybridized carbons (Fsp3) is 0.125. The summed E-state index contributed by atoms with van der Waals surface area (Å²) in [4.78, 5) is 29.6. The van der Waals surface area contributed by atoms with E-state index < -0.39 is 5.97 Å². The van der Waals surface area contributed by atoms with Crippen LogP contribution in [0, 0.1) is 6.92 Å². The first-order valence-corrected chi connectivity index (χ1v) is 9.44. The largest absolute Gasteiger partial charge is 0.496 e. The smallest absolute Gasteiger partial charge is 0.351 e. The number of methoxy groups -OCH3 is 2. The minimum Gasteiger partial charge on any atom is -0.496 e. The first-order valence-electron chi connectivity index (χ1n) is 9.44. The van der Waals surface area contributed by atoms with Gasteiger partial charge in [-0.05, 0) is 55.0 Å². The van der Waals surface area contributed by atoms with Crippen molar-refractivity contribution in [3.05, 3.63) is 82.9 Å². The second kappa shape index (κ2) is 8.31. The van der Waals surface area contributed by atoms with Crippen LogP contribution < -0.4 is 18.9 Å². The van der Waals surface area contributed by atoms with Gasteiger partial charge in [-0.2, -0.15) is 0 Å². The SMILES string of the molecule is COc1cccc(OC)c1C(=O)Oc1ccc2c(c1C)O/C(=C\c1ccncc1)C2=O. The Hall–Kier alpha value is -4.13. The lowest BCUT2D eigenvalue weighted by Gasteiger charge is -2.14. The molecule has 0 spiro atoms. The third-order valence-electron chi connectivity index (χ3n) is 4.88. The molecule has 0 radical (unpaired) electrons. The number of hydrogen-bond donors (Lipinski definition) is 0. The number of Topliss-reactive ketones (excluding diaryl/α,β-unsaturated/α-hetero) is 1. The number of hydrogen-bond acceptors (Lipinski definition) is 7. The lowest BCUT2D eigenvalue weighted by Crippen LogP contribution is -2.12. The van der Waals surface area contributed by atoms with Crippen LogP contribution >= 0.6 is 0 Å². The highest BCUT2D eigenvalue weighted by Crippen LogP contribution is 2.40. The van der Waals surface area contributed by atoms with Gasteiger partial charge in [-0.3, -0.25) is 9.78 Å². The summed E-state index contributed by atoms with van der Waals surface area (Å²) in [5, 5.41) is 0. The summed E-state index contributed by atoms with van der Waals surface area (Å²) in [7, 11) is 2.92. The Morgan fingerprint density at radius 3 is 2.29 bits per heavy atom. The van der Waals surface area contributed by atoms with Crippen molar-refractivity contribution in [2.45, 2.75) is 6.92 Å². The number of ether oxygens (including phenoxy) is 4. The third kappa shape index (κ3) is 3.73. The molecule has 0 aliphatic carbocycles. The summed E-state index contributed by atoms with van der Waals surface area (Å²) in [5.41, 5.74) is 1.90. The van der Waals surface area contributed by atoms with E-state index in [1.165, 1.54) is 14.2 Å². The zero-order chi connectivity index (χ0) is 22.0. The zero-order valence-electron chi connectivity index (χ0n) is 17.2. The van der Waals surface area contributed by atoms with Crippen LogP contribution in [0.4, 0.5) is 0 Å². The molecule has 1 aliphatic heterocycles. The monoisotopic (exact) mass is 417 g/mol. The van der Waals surface area contributed by atoms with Gasteiger partial charge in [-0.1, -0.05) is 6.07 Å². The molecule has 0 amide bonds. The fourth-order valence-corrected chi connectivity index (χ4v) is 3.29. The lowest BCUT2D eigenvalue weighted by molar-refractivity contribution is 0.0726. The van der Waals surface area contributed by atoms with Gasteiger partial charge in [0, 0.05) is 18.0 Å².